The predicted molar refractivity (Wildman–Crippen MR) is 134 cm³/mol. The van der Waals surface area contributed by atoms with Crippen molar-refractivity contribution >= 4 is 0 Å². The fourth-order valence-corrected chi connectivity index (χ4v) is 5.21. The van der Waals surface area contributed by atoms with Crippen LogP contribution in [0.2, 0.25) is 0 Å². The summed E-state index contributed by atoms with van der Waals surface area (Å²) in [6.45, 7) is -0.204. The van der Waals surface area contributed by atoms with E-state index in [-0.39, 0.29) is 0 Å². The Bertz CT molecular complexity index is 1500. The number of phenolic OH excluding ortho intramolecular Hbond substituents is 1. The number of ether oxygens (including phenoxy) is 2. The zero-order chi connectivity index (χ0) is 45.5. The van der Waals surface area contributed by atoms with Gasteiger partial charge in [0.2, 0.25) is 0 Å². The van der Waals surface area contributed by atoms with Gasteiger partial charge in [0.1, 0.15) is 5.75 Å². The molecule has 1 fully saturated rings. The highest BCUT2D eigenvalue weighted by molar-refractivity contribution is 5.28. The van der Waals surface area contributed by atoms with Crippen molar-refractivity contribution in [1.29, 1.82) is 0 Å². The lowest BCUT2D eigenvalue weighted by molar-refractivity contribution is -0.441. The van der Waals surface area contributed by atoms with Gasteiger partial charge in [0.05, 0.1) is 12.2 Å². The number of alkyl halides is 26. The van der Waals surface area contributed by atoms with Gasteiger partial charge in [0, 0.05) is 23.8 Å². The number of hydrogen-bond donors (Lipinski definition) is 1. The minimum Gasteiger partial charge on any atom is -0.508 e. The first-order valence-corrected chi connectivity index (χ1v) is 14.7. The molecule has 1 aliphatic rings. The first kappa shape index (κ1) is 50.3. The molecule has 334 valence electrons. The van der Waals surface area contributed by atoms with E-state index in [2.05, 4.69) is 0 Å². The Morgan fingerprint density at radius 1 is 0.526 bits per heavy atom. The molecule has 1 aliphatic heterocycles. The molecule has 2 rings (SSSR count). The number of aromatic hydroxyl groups is 1. The number of halogens is 26. The second-order valence-corrected chi connectivity index (χ2v) is 13.2. The molecule has 1 N–H and O–H groups in total. The highest BCUT2D eigenvalue weighted by Gasteiger charge is 2.92. The summed E-state index contributed by atoms with van der Waals surface area (Å²) in [5.41, 5.74) is -6.82. The van der Waals surface area contributed by atoms with Crippen LogP contribution in [0.25, 0.3) is 0 Å². The number of benzene rings is 1. The molecule has 29 heteroatoms. The molecule has 0 saturated carbocycles. The van der Waals surface area contributed by atoms with Crippen LogP contribution in [0.3, 0.4) is 0 Å². The molecule has 1 aromatic rings. The summed E-state index contributed by atoms with van der Waals surface area (Å²) in [5.74, 6) is -81.0. The summed E-state index contributed by atoms with van der Waals surface area (Å²) in [6.07, 6.45) is -29.6. The van der Waals surface area contributed by atoms with Crippen molar-refractivity contribution < 1.29 is 129 Å². The molecule has 0 aliphatic carbocycles. The van der Waals surface area contributed by atoms with Gasteiger partial charge in [-0.3, -0.25) is 0 Å². The van der Waals surface area contributed by atoms with Gasteiger partial charge in [0.25, 0.3) is 0 Å². The van der Waals surface area contributed by atoms with Crippen molar-refractivity contribution in [1.82, 2.24) is 0 Å². The van der Waals surface area contributed by atoms with Crippen molar-refractivity contribution in [2.75, 3.05) is 6.61 Å². The van der Waals surface area contributed by atoms with E-state index < -0.39 is 132 Å². The largest absolute Gasteiger partial charge is 0.508 e. The lowest BCUT2D eigenvalue weighted by atomic mass is 9.68. The summed E-state index contributed by atoms with van der Waals surface area (Å²) in [7, 11) is 0. The van der Waals surface area contributed by atoms with Crippen molar-refractivity contribution in [3.63, 3.8) is 0 Å². The molecule has 1 aromatic carbocycles. The molecule has 1 heterocycles. The highest BCUT2D eigenvalue weighted by Crippen LogP contribution is 2.64. The monoisotopic (exact) mass is 900 g/mol. The zero-order valence-electron chi connectivity index (χ0n) is 27.5. The third-order valence-electron chi connectivity index (χ3n) is 8.99. The standard InChI is InChI=1S/C28H22F26O3/c1-15(2)11-56-14(12-4-3-5-13(55)10-12)57-16(15,6-8-17(29,30)19(33,34)21(37,38)23(41,42)25(45,46)27(49,50)51)7-9-18(31,32)20(35,36)22(39,40)24(43,44)26(47,48)28(52,53)54/h3-5,10,14,55H,6-9,11H2,1-2H3. The van der Waals surface area contributed by atoms with Crippen LogP contribution >= 0.6 is 0 Å². The van der Waals surface area contributed by atoms with Gasteiger partial charge >= 0.3 is 71.6 Å². The van der Waals surface area contributed by atoms with Crippen LogP contribution in [0.15, 0.2) is 24.3 Å². The second kappa shape index (κ2) is 14.1. The first-order valence-electron chi connectivity index (χ1n) is 14.7. The van der Waals surface area contributed by atoms with Crippen molar-refractivity contribution in [2.45, 2.75) is 123 Å². The summed E-state index contributed by atoms with van der Waals surface area (Å²) < 4.78 is 367. The first-order chi connectivity index (χ1) is 24.7. The molecule has 0 radical (unpaired) electrons. The molecular weight excluding hydrogens is 878 g/mol. The number of rotatable bonds is 15. The van der Waals surface area contributed by atoms with Gasteiger partial charge < -0.3 is 14.6 Å². The van der Waals surface area contributed by atoms with Gasteiger partial charge in [-0.15, -0.1) is 0 Å². The Labute approximate surface area is 300 Å². The van der Waals surface area contributed by atoms with Gasteiger partial charge in [-0.05, 0) is 25.0 Å². The minimum absolute atomic E-state index is 0.525. The lowest BCUT2D eigenvalue weighted by Crippen LogP contribution is -2.70. The SMILES string of the molecule is CC1(C)COC(c2cccc(O)c2)OC1(CCC(F)(F)C(F)(F)C(F)(F)C(F)(F)C(F)(F)C(F)(F)F)CCC(F)(F)C(F)(F)C(F)(F)C(F)(F)C(F)(F)C(F)(F)F. The van der Waals surface area contributed by atoms with Crippen LogP contribution in [0.4, 0.5) is 114 Å². The molecule has 0 amide bonds. The van der Waals surface area contributed by atoms with Crippen LogP contribution in [-0.2, 0) is 9.47 Å². The van der Waals surface area contributed by atoms with Crippen LogP contribution in [0.5, 0.6) is 5.75 Å². The second-order valence-electron chi connectivity index (χ2n) is 13.2. The maximum absolute atomic E-state index is 14.9. The van der Waals surface area contributed by atoms with E-state index in [1.54, 1.807) is 0 Å². The zero-order valence-corrected chi connectivity index (χ0v) is 27.5. The summed E-state index contributed by atoms with van der Waals surface area (Å²) in [4.78, 5) is 0. The Morgan fingerprint density at radius 3 is 1.18 bits per heavy atom. The Balaban J connectivity index is 2.75. The molecule has 0 spiro atoms. The van der Waals surface area contributed by atoms with Gasteiger partial charge in [-0.25, -0.2) is 0 Å². The van der Waals surface area contributed by atoms with Gasteiger partial charge in [-0.2, -0.15) is 114 Å². The van der Waals surface area contributed by atoms with Crippen molar-refractivity contribution in [2.24, 2.45) is 5.41 Å². The summed E-state index contributed by atoms with van der Waals surface area (Å²) in [6, 6.07) is 3.13. The average molecular weight is 900 g/mol. The molecule has 1 atom stereocenters. The molecule has 57 heavy (non-hydrogen) atoms. The molecule has 0 bridgehead atoms. The van der Waals surface area contributed by atoms with Crippen molar-refractivity contribution in [3.05, 3.63) is 29.8 Å². The Kier molecular flexibility index (Phi) is 12.4. The smallest absolute Gasteiger partial charge is 0.460 e. The van der Waals surface area contributed by atoms with E-state index in [0.29, 0.717) is 19.9 Å². The minimum atomic E-state index is -8.43. The fourth-order valence-electron chi connectivity index (χ4n) is 5.21. The van der Waals surface area contributed by atoms with E-state index >= 15 is 0 Å². The number of phenols is 1. The molecule has 1 saturated heterocycles. The van der Waals surface area contributed by atoms with E-state index in [1.807, 2.05) is 0 Å². The summed E-state index contributed by atoms with van der Waals surface area (Å²) in [5, 5.41) is 9.69. The molecule has 3 nitrogen and oxygen atoms in total. The maximum Gasteiger partial charge on any atom is 0.460 e. The van der Waals surface area contributed by atoms with E-state index in [9.17, 15) is 119 Å². The third-order valence-corrected chi connectivity index (χ3v) is 8.99. The lowest BCUT2D eigenvalue weighted by Gasteiger charge is -2.53. The fraction of sp³-hybridized carbons (Fsp3) is 0.786. The average Bonchev–Trinajstić information content (AvgIpc) is 3.01. The number of hydrogen-bond acceptors (Lipinski definition) is 3. The summed E-state index contributed by atoms with van der Waals surface area (Å²) >= 11 is 0. The maximum atomic E-state index is 14.9. The van der Waals surface area contributed by atoms with Crippen LogP contribution in [-0.4, -0.2) is 88.9 Å². The Morgan fingerprint density at radius 2 is 0.860 bits per heavy atom. The van der Waals surface area contributed by atoms with Crippen LogP contribution < -0.4 is 0 Å². The van der Waals surface area contributed by atoms with E-state index in [4.69, 9.17) is 9.47 Å². The highest BCUT2D eigenvalue weighted by atomic mass is 19.4. The quantitative estimate of drug-likeness (QED) is 0.178. The topological polar surface area (TPSA) is 38.7 Å². The van der Waals surface area contributed by atoms with Gasteiger partial charge in [0.15, 0.2) is 6.29 Å². The van der Waals surface area contributed by atoms with Crippen LogP contribution in [0, 0.1) is 5.41 Å². The van der Waals surface area contributed by atoms with E-state index in [1.165, 1.54) is 0 Å². The predicted octanol–water partition coefficient (Wildman–Crippen LogP) is 12.2. The third kappa shape index (κ3) is 7.60. The van der Waals surface area contributed by atoms with Gasteiger partial charge in [-0.1, -0.05) is 26.0 Å². The van der Waals surface area contributed by atoms with E-state index in [0.717, 1.165) is 18.2 Å². The van der Waals surface area contributed by atoms with Crippen LogP contribution in [0.1, 0.15) is 51.4 Å². The normalized spacial score (nSPS) is 20.2. The Hall–Kier alpha value is -2.88. The van der Waals surface area contributed by atoms with Crippen molar-refractivity contribution in [3.8, 4) is 5.75 Å². The molecule has 0 aromatic heterocycles. The molecule has 1 unspecified atom stereocenters. The molecular formula is C28H22F26O3.